The summed E-state index contributed by atoms with van der Waals surface area (Å²) >= 11 is 0. The fraction of sp³-hybridized carbons (Fsp3) is 0.286. The third-order valence-electron chi connectivity index (χ3n) is 4.33. The lowest BCUT2D eigenvalue weighted by Gasteiger charge is -2.14. The Bertz CT molecular complexity index is 905. The number of carbonyl (C=O) groups is 2. The van der Waals surface area contributed by atoms with Crippen LogP contribution in [0.2, 0.25) is 0 Å². The average Bonchev–Trinajstić information content (AvgIpc) is 3.09. The van der Waals surface area contributed by atoms with Gasteiger partial charge < -0.3 is 15.2 Å². The van der Waals surface area contributed by atoms with Crippen LogP contribution < -0.4 is 10.6 Å². The first kappa shape index (κ1) is 18.6. The fourth-order valence-electron chi connectivity index (χ4n) is 2.96. The molecular formula is C21H24N4O2. The Morgan fingerprint density at radius 2 is 1.81 bits per heavy atom. The van der Waals surface area contributed by atoms with Gasteiger partial charge in [0.05, 0.1) is 17.4 Å². The molecule has 0 fully saturated rings. The number of rotatable bonds is 8. The third-order valence-corrected chi connectivity index (χ3v) is 4.33. The van der Waals surface area contributed by atoms with Gasteiger partial charge in [-0.2, -0.15) is 0 Å². The zero-order valence-electron chi connectivity index (χ0n) is 15.4. The first-order chi connectivity index (χ1) is 13.1. The molecule has 1 unspecified atom stereocenters. The number of aryl methyl sites for hydroxylation is 1. The van der Waals surface area contributed by atoms with E-state index in [2.05, 4.69) is 20.2 Å². The molecule has 27 heavy (non-hydrogen) atoms. The Morgan fingerprint density at radius 1 is 1.07 bits per heavy atom. The van der Waals surface area contributed by atoms with Crippen molar-refractivity contribution in [3.63, 3.8) is 0 Å². The van der Waals surface area contributed by atoms with Crippen LogP contribution >= 0.6 is 0 Å². The molecule has 3 aromatic rings. The Morgan fingerprint density at radius 3 is 2.63 bits per heavy atom. The normalized spacial score (nSPS) is 11.9. The smallest absolute Gasteiger partial charge is 0.251 e. The highest BCUT2D eigenvalue weighted by Gasteiger charge is 2.12. The minimum absolute atomic E-state index is 0.0636. The molecule has 2 N–H and O–H groups in total. The maximum Gasteiger partial charge on any atom is 0.251 e. The summed E-state index contributed by atoms with van der Waals surface area (Å²) in [4.78, 5) is 28.5. The van der Waals surface area contributed by atoms with Crippen LogP contribution in [0.15, 0.2) is 60.9 Å². The van der Waals surface area contributed by atoms with Crippen LogP contribution in [0.5, 0.6) is 0 Å². The molecule has 0 saturated carbocycles. The number of hydrogen-bond acceptors (Lipinski definition) is 3. The lowest BCUT2D eigenvalue weighted by atomic mass is 10.1. The van der Waals surface area contributed by atoms with Crippen molar-refractivity contribution in [1.82, 2.24) is 20.2 Å². The van der Waals surface area contributed by atoms with E-state index in [1.165, 1.54) is 0 Å². The molecule has 0 radical (unpaired) electrons. The summed E-state index contributed by atoms with van der Waals surface area (Å²) in [7, 11) is 0. The highest BCUT2D eigenvalue weighted by atomic mass is 16.2. The summed E-state index contributed by atoms with van der Waals surface area (Å²) in [5, 5.41) is 5.76. The molecular weight excluding hydrogens is 340 g/mol. The zero-order chi connectivity index (χ0) is 19.1. The Kier molecular flexibility index (Phi) is 6.20. The molecule has 1 heterocycles. The summed E-state index contributed by atoms with van der Waals surface area (Å²) in [5.41, 5.74) is 2.67. The second-order valence-corrected chi connectivity index (χ2v) is 6.57. The van der Waals surface area contributed by atoms with Crippen molar-refractivity contribution in [3.05, 3.63) is 66.5 Å². The lowest BCUT2D eigenvalue weighted by molar-refractivity contribution is -0.121. The van der Waals surface area contributed by atoms with Crippen LogP contribution in [-0.4, -0.2) is 34.0 Å². The molecule has 6 nitrogen and oxygen atoms in total. The first-order valence-electron chi connectivity index (χ1n) is 9.16. The molecule has 1 aromatic heterocycles. The predicted molar refractivity (Wildman–Crippen MR) is 105 cm³/mol. The number of nitrogens with one attached hydrogen (secondary N) is 2. The zero-order valence-corrected chi connectivity index (χ0v) is 15.4. The van der Waals surface area contributed by atoms with E-state index in [1.807, 2.05) is 55.7 Å². The van der Waals surface area contributed by atoms with Gasteiger partial charge in [-0.25, -0.2) is 4.98 Å². The number of fused-ring (bicyclic) bond motifs is 1. The second-order valence-electron chi connectivity index (χ2n) is 6.57. The molecule has 3 rings (SSSR count). The number of carbonyl (C=O) groups excluding carboxylic acids is 2. The van der Waals surface area contributed by atoms with Gasteiger partial charge in [-0.1, -0.05) is 30.3 Å². The standard InChI is InChI=1S/C21H24N4O2/c1-16(24-21(27)17-8-3-2-4-9-17)14-20(26)22-12-7-13-25-15-23-18-10-5-6-11-19(18)25/h2-6,8-11,15-16H,7,12-14H2,1H3,(H,22,26)(H,24,27). The van der Waals surface area contributed by atoms with E-state index in [1.54, 1.807) is 12.1 Å². The summed E-state index contributed by atoms with van der Waals surface area (Å²) in [5.74, 6) is -0.228. The van der Waals surface area contributed by atoms with Crippen molar-refractivity contribution in [1.29, 1.82) is 0 Å². The van der Waals surface area contributed by atoms with Crippen molar-refractivity contribution in [2.24, 2.45) is 0 Å². The average molecular weight is 364 g/mol. The number of imidazole rings is 1. The fourth-order valence-corrected chi connectivity index (χ4v) is 2.96. The van der Waals surface area contributed by atoms with Crippen molar-refractivity contribution in [2.75, 3.05) is 6.54 Å². The lowest BCUT2D eigenvalue weighted by Crippen LogP contribution is -2.37. The Balaban J connectivity index is 1.37. The van der Waals surface area contributed by atoms with E-state index >= 15 is 0 Å². The monoisotopic (exact) mass is 364 g/mol. The number of amides is 2. The molecule has 0 saturated heterocycles. The minimum Gasteiger partial charge on any atom is -0.356 e. The first-order valence-corrected chi connectivity index (χ1v) is 9.16. The number of aromatic nitrogens is 2. The molecule has 2 aromatic carbocycles. The number of benzene rings is 2. The van der Waals surface area contributed by atoms with Crippen LogP contribution in [0.1, 0.15) is 30.1 Å². The van der Waals surface area contributed by atoms with E-state index in [9.17, 15) is 9.59 Å². The van der Waals surface area contributed by atoms with E-state index in [0.29, 0.717) is 12.1 Å². The summed E-state index contributed by atoms with van der Waals surface area (Å²) in [6.07, 6.45) is 2.90. The van der Waals surface area contributed by atoms with Crippen LogP contribution in [0, 0.1) is 0 Å². The van der Waals surface area contributed by atoms with Gasteiger partial charge in [0.25, 0.3) is 5.91 Å². The summed E-state index contributed by atoms with van der Waals surface area (Å²) in [6, 6.07) is 16.8. The highest BCUT2D eigenvalue weighted by Crippen LogP contribution is 2.11. The number of nitrogens with zero attached hydrogens (tertiary/aromatic N) is 2. The molecule has 0 aliphatic heterocycles. The van der Waals surface area contributed by atoms with Gasteiger partial charge in [0, 0.05) is 31.1 Å². The van der Waals surface area contributed by atoms with Crippen LogP contribution in [0.25, 0.3) is 11.0 Å². The van der Waals surface area contributed by atoms with Crippen LogP contribution in [0.4, 0.5) is 0 Å². The molecule has 1 atom stereocenters. The maximum absolute atomic E-state index is 12.1. The molecule has 0 aliphatic rings. The number of para-hydroxylation sites is 2. The Hall–Kier alpha value is -3.15. The van der Waals surface area contributed by atoms with E-state index in [4.69, 9.17) is 0 Å². The molecule has 6 heteroatoms. The minimum atomic E-state index is -0.227. The largest absolute Gasteiger partial charge is 0.356 e. The third kappa shape index (κ3) is 5.17. The molecule has 0 bridgehead atoms. The SMILES string of the molecule is CC(CC(=O)NCCCn1cnc2ccccc21)NC(=O)c1ccccc1. The van der Waals surface area contributed by atoms with Gasteiger partial charge in [0.15, 0.2) is 0 Å². The molecule has 0 aliphatic carbocycles. The predicted octanol–water partition coefficient (Wildman–Crippen LogP) is 2.75. The van der Waals surface area contributed by atoms with Gasteiger partial charge >= 0.3 is 0 Å². The number of hydrogen-bond donors (Lipinski definition) is 2. The van der Waals surface area contributed by atoms with Crippen molar-refractivity contribution in [2.45, 2.75) is 32.4 Å². The second kappa shape index (κ2) is 8.98. The maximum atomic E-state index is 12.1. The topological polar surface area (TPSA) is 76.0 Å². The molecule has 0 spiro atoms. The highest BCUT2D eigenvalue weighted by molar-refractivity contribution is 5.94. The van der Waals surface area contributed by atoms with E-state index in [-0.39, 0.29) is 24.3 Å². The van der Waals surface area contributed by atoms with Gasteiger partial charge in [-0.05, 0) is 37.6 Å². The van der Waals surface area contributed by atoms with Crippen molar-refractivity contribution in [3.8, 4) is 0 Å². The van der Waals surface area contributed by atoms with Crippen LogP contribution in [0.3, 0.4) is 0 Å². The quantitative estimate of drug-likeness (QED) is 0.604. The molecule has 140 valence electrons. The Labute approximate surface area is 158 Å². The van der Waals surface area contributed by atoms with Gasteiger partial charge in [0.2, 0.25) is 5.91 Å². The summed E-state index contributed by atoms with van der Waals surface area (Å²) < 4.78 is 2.09. The molecule has 2 amide bonds. The van der Waals surface area contributed by atoms with E-state index < -0.39 is 0 Å². The van der Waals surface area contributed by atoms with Crippen molar-refractivity contribution >= 4 is 22.8 Å². The van der Waals surface area contributed by atoms with Crippen LogP contribution in [-0.2, 0) is 11.3 Å². The van der Waals surface area contributed by atoms with E-state index in [0.717, 1.165) is 24.0 Å². The van der Waals surface area contributed by atoms with Gasteiger partial charge in [-0.3, -0.25) is 9.59 Å². The van der Waals surface area contributed by atoms with Gasteiger partial charge in [-0.15, -0.1) is 0 Å². The summed E-state index contributed by atoms with van der Waals surface area (Å²) in [6.45, 7) is 3.21. The van der Waals surface area contributed by atoms with Gasteiger partial charge in [0.1, 0.15) is 0 Å². The van der Waals surface area contributed by atoms with Crippen molar-refractivity contribution < 1.29 is 9.59 Å².